The van der Waals surface area contributed by atoms with Crippen LogP contribution < -0.4 is 10.1 Å². The van der Waals surface area contributed by atoms with Crippen molar-refractivity contribution in [2.24, 2.45) is 0 Å². The number of fused-ring (bicyclic) bond motifs is 1. The fourth-order valence-electron chi connectivity index (χ4n) is 1.97. The minimum absolute atomic E-state index is 0.139. The van der Waals surface area contributed by atoms with Gasteiger partial charge in [-0.15, -0.1) is 11.3 Å². The summed E-state index contributed by atoms with van der Waals surface area (Å²) in [7, 11) is 1.60. The van der Waals surface area contributed by atoms with Gasteiger partial charge in [0.05, 0.1) is 23.2 Å². The van der Waals surface area contributed by atoms with Gasteiger partial charge >= 0.3 is 0 Å². The number of nitrogens with one attached hydrogen (secondary N) is 1. The molecular formula is C15H12N2O2S. The number of thiophene rings is 1. The number of amides is 1. The molecule has 1 aromatic carbocycles. The molecule has 0 fully saturated rings. The van der Waals surface area contributed by atoms with Crippen LogP contribution in [0.15, 0.2) is 48.0 Å². The molecule has 3 aromatic rings. The Labute approximate surface area is 120 Å². The average molecular weight is 284 g/mol. The third kappa shape index (κ3) is 2.35. The van der Waals surface area contributed by atoms with E-state index in [9.17, 15) is 4.79 Å². The van der Waals surface area contributed by atoms with E-state index in [0.29, 0.717) is 16.3 Å². The summed E-state index contributed by atoms with van der Waals surface area (Å²) >= 11 is 1.40. The second-order valence-electron chi connectivity index (χ2n) is 4.18. The highest BCUT2D eigenvalue weighted by molar-refractivity contribution is 7.12. The maximum absolute atomic E-state index is 12.1. The van der Waals surface area contributed by atoms with E-state index >= 15 is 0 Å². The monoisotopic (exact) mass is 284 g/mol. The van der Waals surface area contributed by atoms with Gasteiger partial charge in [0.25, 0.3) is 5.91 Å². The van der Waals surface area contributed by atoms with E-state index < -0.39 is 0 Å². The predicted molar refractivity (Wildman–Crippen MR) is 80.6 cm³/mol. The number of methoxy groups -OCH3 is 1. The summed E-state index contributed by atoms with van der Waals surface area (Å²) in [6.07, 6.45) is 1.70. The number of carbonyl (C=O) groups is 1. The van der Waals surface area contributed by atoms with Crippen LogP contribution in [-0.4, -0.2) is 18.0 Å². The van der Waals surface area contributed by atoms with Crippen LogP contribution in [-0.2, 0) is 0 Å². The van der Waals surface area contributed by atoms with Gasteiger partial charge in [-0.2, -0.15) is 0 Å². The number of pyridine rings is 1. The number of hydrogen-bond donors (Lipinski definition) is 1. The van der Waals surface area contributed by atoms with Gasteiger partial charge in [0.1, 0.15) is 5.75 Å². The lowest BCUT2D eigenvalue weighted by Crippen LogP contribution is -2.10. The second-order valence-corrected chi connectivity index (χ2v) is 5.13. The summed E-state index contributed by atoms with van der Waals surface area (Å²) in [6.45, 7) is 0. The summed E-state index contributed by atoms with van der Waals surface area (Å²) < 4.78 is 5.26. The van der Waals surface area contributed by atoms with Crippen molar-refractivity contribution in [3.63, 3.8) is 0 Å². The van der Waals surface area contributed by atoms with Crippen molar-refractivity contribution in [2.75, 3.05) is 12.4 Å². The molecule has 2 heterocycles. The largest absolute Gasteiger partial charge is 0.497 e. The van der Waals surface area contributed by atoms with Crippen LogP contribution in [0.4, 0.5) is 5.69 Å². The Hall–Kier alpha value is -2.40. The van der Waals surface area contributed by atoms with Gasteiger partial charge in [-0.1, -0.05) is 12.1 Å². The molecule has 0 saturated heterocycles. The molecule has 1 amide bonds. The van der Waals surface area contributed by atoms with Gasteiger partial charge in [0.15, 0.2) is 0 Å². The van der Waals surface area contributed by atoms with E-state index in [1.807, 2.05) is 29.6 Å². The minimum Gasteiger partial charge on any atom is -0.497 e. The number of aromatic nitrogens is 1. The Bertz CT molecular complexity index is 754. The summed E-state index contributed by atoms with van der Waals surface area (Å²) in [5.74, 6) is 0.548. The Morgan fingerprint density at radius 2 is 2.20 bits per heavy atom. The molecule has 20 heavy (non-hydrogen) atoms. The highest BCUT2D eigenvalue weighted by Crippen LogP contribution is 2.28. The Kier molecular flexibility index (Phi) is 3.35. The molecule has 0 spiro atoms. The normalized spacial score (nSPS) is 10.4. The topological polar surface area (TPSA) is 51.2 Å². The van der Waals surface area contributed by atoms with Crippen LogP contribution in [0, 0.1) is 0 Å². The molecule has 2 aromatic heterocycles. The molecule has 0 aliphatic carbocycles. The number of hydrogen-bond acceptors (Lipinski definition) is 4. The SMILES string of the molecule is COc1cc(NC(=O)c2cccs2)c2ncccc2c1. The van der Waals surface area contributed by atoms with Gasteiger partial charge in [-0.05, 0) is 23.6 Å². The molecule has 0 radical (unpaired) electrons. The van der Waals surface area contributed by atoms with E-state index in [4.69, 9.17) is 4.74 Å². The molecule has 5 heteroatoms. The third-order valence-corrected chi connectivity index (χ3v) is 3.78. The first kappa shape index (κ1) is 12.6. The van der Waals surface area contributed by atoms with Gasteiger partial charge in [0, 0.05) is 17.6 Å². The quantitative estimate of drug-likeness (QED) is 0.800. The van der Waals surface area contributed by atoms with Gasteiger partial charge in [-0.3, -0.25) is 9.78 Å². The lowest BCUT2D eigenvalue weighted by molar-refractivity contribution is 0.103. The predicted octanol–water partition coefficient (Wildman–Crippen LogP) is 3.56. The van der Waals surface area contributed by atoms with Crippen LogP contribution in [0.25, 0.3) is 10.9 Å². The summed E-state index contributed by atoms with van der Waals surface area (Å²) in [5, 5.41) is 5.69. The van der Waals surface area contributed by atoms with Crippen LogP contribution in [0.5, 0.6) is 5.75 Å². The molecule has 3 rings (SSSR count). The maximum Gasteiger partial charge on any atom is 0.265 e. The summed E-state index contributed by atoms with van der Waals surface area (Å²) in [4.78, 5) is 17.1. The number of rotatable bonds is 3. The first-order valence-corrected chi connectivity index (χ1v) is 6.93. The standard InChI is InChI=1S/C15H12N2O2S/c1-19-11-8-10-4-2-6-16-14(10)12(9-11)17-15(18)13-5-3-7-20-13/h2-9H,1H3,(H,17,18). The molecule has 0 aliphatic rings. The molecule has 0 saturated carbocycles. The lowest BCUT2D eigenvalue weighted by Gasteiger charge is -2.09. The highest BCUT2D eigenvalue weighted by Gasteiger charge is 2.11. The zero-order chi connectivity index (χ0) is 13.9. The molecule has 1 N–H and O–H groups in total. The second kappa shape index (κ2) is 5.30. The summed E-state index contributed by atoms with van der Waals surface area (Å²) in [6, 6.07) is 11.1. The first-order valence-electron chi connectivity index (χ1n) is 6.05. The number of nitrogens with zero attached hydrogens (tertiary/aromatic N) is 1. The Morgan fingerprint density at radius 3 is 2.95 bits per heavy atom. The fraction of sp³-hybridized carbons (Fsp3) is 0.0667. The van der Waals surface area contributed by atoms with Crippen LogP contribution in [0.2, 0.25) is 0 Å². The van der Waals surface area contributed by atoms with E-state index in [1.54, 1.807) is 25.4 Å². The van der Waals surface area contributed by atoms with Crippen molar-refractivity contribution < 1.29 is 9.53 Å². The third-order valence-electron chi connectivity index (χ3n) is 2.91. The van der Waals surface area contributed by atoms with Crippen molar-refractivity contribution >= 4 is 33.8 Å². The molecule has 0 bridgehead atoms. The lowest BCUT2D eigenvalue weighted by atomic mass is 10.1. The van der Waals surface area contributed by atoms with Gasteiger partial charge < -0.3 is 10.1 Å². The summed E-state index contributed by atoms with van der Waals surface area (Å²) in [5.41, 5.74) is 1.40. The van der Waals surface area contributed by atoms with E-state index in [2.05, 4.69) is 10.3 Å². The van der Waals surface area contributed by atoms with E-state index in [-0.39, 0.29) is 5.91 Å². The van der Waals surface area contributed by atoms with Crippen LogP contribution in [0.1, 0.15) is 9.67 Å². The minimum atomic E-state index is -0.139. The van der Waals surface area contributed by atoms with Crippen molar-refractivity contribution in [1.29, 1.82) is 0 Å². The average Bonchev–Trinajstić information content (AvgIpc) is 3.01. The smallest absolute Gasteiger partial charge is 0.265 e. The molecule has 0 atom stereocenters. The number of benzene rings is 1. The van der Waals surface area contributed by atoms with E-state index in [1.165, 1.54) is 11.3 Å². The maximum atomic E-state index is 12.1. The highest BCUT2D eigenvalue weighted by atomic mass is 32.1. The molecular weight excluding hydrogens is 272 g/mol. The molecule has 4 nitrogen and oxygen atoms in total. The van der Waals surface area contributed by atoms with Gasteiger partial charge in [-0.25, -0.2) is 0 Å². The van der Waals surface area contributed by atoms with Crippen LogP contribution >= 0.6 is 11.3 Å². The zero-order valence-electron chi connectivity index (χ0n) is 10.8. The molecule has 0 unspecified atom stereocenters. The number of anilines is 1. The van der Waals surface area contributed by atoms with E-state index in [0.717, 1.165) is 10.9 Å². The molecule has 100 valence electrons. The zero-order valence-corrected chi connectivity index (χ0v) is 11.6. The Balaban J connectivity index is 2.03. The van der Waals surface area contributed by atoms with Crippen molar-refractivity contribution in [3.8, 4) is 5.75 Å². The molecule has 0 aliphatic heterocycles. The van der Waals surface area contributed by atoms with Crippen LogP contribution in [0.3, 0.4) is 0 Å². The van der Waals surface area contributed by atoms with Gasteiger partial charge in [0.2, 0.25) is 0 Å². The number of ether oxygens (including phenoxy) is 1. The first-order chi connectivity index (χ1) is 9.78. The van der Waals surface area contributed by atoms with Crippen molar-refractivity contribution in [2.45, 2.75) is 0 Å². The fourth-order valence-corrected chi connectivity index (χ4v) is 2.59. The van der Waals surface area contributed by atoms with Crippen molar-refractivity contribution in [1.82, 2.24) is 4.98 Å². The van der Waals surface area contributed by atoms with Crippen molar-refractivity contribution in [3.05, 3.63) is 52.9 Å². The number of carbonyl (C=O) groups excluding carboxylic acids is 1. The Morgan fingerprint density at radius 1 is 1.30 bits per heavy atom.